The number of hydrogen-bond donors (Lipinski definition) is 4. The topological polar surface area (TPSA) is 145 Å². The third-order valence-corrected chi connectivity index (χ3v) is 7.96. The van der Waals surface area contributed by atoms with E-state index in [0.717, 1.165) is 28.2 Å². The van der Waals surface area contributed by atoms with E-state index in [0.29, 0.717) is 35.1 Å². The molecule has 0 aliphatic carbocycles. The average Bonchev–Trinajstić information content (AvgIpc) is 3.38. The summed E-state index contributed by atoms with van der Waals surface area (Å²) in [6, 6.07) is 19.7. The van der Waals surface area contributed by atoms with Crippen LogP contribution in [0.1, 0.15) is 48.0 Å². The molecular formula is C37H40FN5O7. The molecule has 262 valence electrons. The molecule has 2 amide bonds. The third-order valence-electron chi connectivity index (χ3n) is 7.96. The zero-order valence-corrected chi connectivity index (χ0v) is 28.5. The molecule has 2 heterocycles. The largest absolute Gasteiger partial charge is 0.490 e. The lowest BCUT2D eigenvalue weighted by molar-refractivity contribution is -0.136. The van der Waals surface area contributed by atoms with Gasteiger partial charge in [-0.1, -0.05) is 18.2 Å². The van der Waals surface area contributed by atoms with Gasteiger partial charge in [-0.25, -0.2) is 14.0 Å². The van der Waals surface area contributed by atoms with Crippen LogP contribution in [0.2, 0.25) is 0 Å². The Bertz CT molecular complexity index is 1900. The fraction of sp³-hybridized carbons (Fsp3) is 0.270. The van der Waals surface area contributed by atoms with E-state index in [-0.39, 0.29) is 24.6 Å². The molecule has 0 fully saturated rings. The zero-order chi connectivity index (χ0) is 35.8. The number of halogens is 1. The molecule has 0 saturated heterocycles. The number of rotatable bonds is 14. The van der Waals surface area contributed by atoms with Gasteiger partial charge in [0.2, 0.25) is 0 Å². The van der Waals surface area contributed by atoms with Crippen LogP contribution in [0.3, 0.4) is 0 Å². The maximum Gasteiger partial charge on any atom is 0.337 e. The number of nitrogens with zero attached hydrogens (tertiary/aromatic N) is 2. The Morgan fingerprint density at radius 2 is 1.82 bits per heavy atom. The number of benzene rings is 3. The van der Waals surface area contributed by atoms with Crippen LogP contribution in [0.25, 0.3) is 5.69 Å². The monoisotopic (exact) mass is 685 g/mol. The lowest BCUT2D eigenvalue weighted by atomic mass is 9.95. The lowest BCUT2D eigenvalue weighted by Gasteiger charge is -2.28. The summed E-state index contributed by atoms with van der Waals surface area (Å²) >= 11 is 0. The standard InChI is InChI=1S/C37H40FN5O7/c1-6-48-32-18-26(35-34(36(45)47-5)23(3)40-37(46)41-35)10-15-31(32)50-21-33(44)42-39-19-27-16-22(2)43(24(27)4)29-11-13-30(14-12-29)49-20-25-8-7-9-28(38)17-25/h7-19,33,35,42,44H,6,20-21H2,1-5H3,(H2,40,41,46)/b39-19+/t33-,35-/m0/s1. The van der Waals surface area contributed by atoms with Crippen LogP contribution >= 0.6 is 0 Å². The van der Waals surface area contributed by atoms with Crippen molar-refractivity contribution in [3.63, 3.8) is 0 Å². The minimum Gasteiger partial charge on any atom is -0.490 e. The molecule has 13 heteroatoms. The van der Waals surface area contributed by atoms with Crippen LogP contribution < -0.4 is 30.3 Å². The number of allylic oxidation sites excluding steroid dienone is 1. The highest BCUT2D eigenvalue weighted by Gasteiger charge is 2.32. The summed E-state index contributed by atoms with van der Waals surface area (Å²) in [6.07, 6.45) is 0.477. The Morgan fingerprint density at radius 3 is 2.54 bits per heavy atom. The summed E-state index contributed by atoms with van der Waals surface area (Å²) < 4.78 is 37.9. The first-order chi connectivity index (χ1) is 24.1. The fourth-order valence-electron chi connectivity index (χ4n) is 5.62. The number of methoxy groups -OCH3 is 1. The maximum atomic E-state index is 13.5. The van der Waals surface area contributed by atoms with Crippen molar-refractivity contribution in [2.75, 3.05) is 20.3 Å². The number of esters is 1. The first-order valence-electron chi connectivity index (χ1n) is 16.0. The predicted molar refractivity (Wildman–Crippen MR) is 185 cm³/mol. The number of aromatic nitrogens is 1. The number of amides is 2. The number of urea groups is 1. The van der Waals surface area contributed by atoms with Crippen molar-refractivity contribution in [1.82, 2.24) is 20.6 Å². The van der Waals surface area contributed by atoms with Crippen LogP contribution in [0.5, 0.6) is 17.2 Å². The molecule has 50 heavy (non-hydrogen) atoms. The fourth-order valence-corrected chi connectivity index (χ4v) is 5.62. The van der Waals surface area contributed by atoms with E-state index in [9.17, 15) is 19.1 Å². The molecule has 0 spiro atoms. The number of aliphatic hydroxyl groups excluding tert-OH is 1. The second kappa shape index (κ2) is 16.1. The van der Waals surface area contributed by atoms with Gasteiger partial charge in [-0.15, -0.1) is 0 Å². The van der Waals surface area contributed by atoms with Gasteiger partial charge in [0.1, 0.15) is 24.8 Å². The van der Waals surface area contributed by atoms with Crippen LogP contribution in [0.4, 0.5) is 9.18 Å². The van der Waals surface area contributed by atoms with Gasteiger partial charge in [0.25, 0.3) is 0 Å². The molecule has 1 aliphatic rings. The van der Waals surface area contributed by atoms with Crippen LogP contribution in [-0.4, -0.2) is 54.4 Å². The number of aryl methyl sites for hydroxylation is 1. The minimum atomic E-state index is -1.15. The molecule has 1 aromatic heterocycles. The van der Waals surface area contributed by atoms with E-state index < -0.39 is 24.3 Å². The molecule has 5 rings (SSSR count). The Balaban J connectivity index is 1.19. The molecule has 3 aromatic carbocycles. The van der Waals surface area contributed by atoms with Crippen molar-refractivity contribution in [3.05, 3.63) is 118 Å². The summed E-state index contributed by atoms with van der Waals surface area (Å²) in [5.74, 6) is 0.522. The highest BCUT2D eigenvalue weighted by atomic mass is 19.1. The molecule has 1 aliphatic heterocycles. The molecule has 0 saturated carbocycles. The summed E-state index contributed by atoms with van der Waals surface area (Å²) in [5, 5.41) is 20.1. The van der Waals surface area contributed by atoms with E-state index in [2.05, 4.69) is 25.7 Å². The average molecular weight is 686 g/mol. The highest BCUT2D eigenvalue weighted by molar-refractivity contribution is 5.95. The van der Waals surface area contributed by atoms with E-state index in [1.54, 1.807) is 37.4 Å². The summed E-state index contributed by atoms with van der Waals surface area (Å²) in [6.45, 7) is 7.84. The Labute approximate surface area is 289 Å². The zero-order valence-electron chi connectivity index (χ0n) is 28.5. The van der Waals surface area contributed by atoms with E-state index >= 15 is 0 Å². The summed E-state index contributed by atoms with van der Waals surface area (Å²) in [4.78, 5) is 24.7. The van der Waals surface area contributed by atoms with Crippen molar-refractivity contribution in [1.29, 1.82) is 0 Å². The van der Waals surface area contributed by atoms with Gasteiger partial charge >= 0.3 is 12.0 Å². The quantitative estimate of drug-likeness (QED) is 0.0604. The Morgan fingerprint density at radius 1 is 1.04 bits per heavy atom. The van der Waals surface area contributed by atoms with Gasteiger partial charge in [0.05, 0.1) is 31.5 Å². The van der Waals surface area contributed by atoms with Gasteiger partial charge in [-0.05, 0) is 93.4 Å². The molecule has 4 aromatic rings. The number of hydrogen-bond acceptors (Lipinski definition) is 9. The number of carbonyl (C=O) groups is 2. The number of aliphatic hydroxyl groups is 1. The van der Waals surface area contributed by atoms with Gasteiger partial charge in [-0.2, -0.15) is 5.10 Å². The van der Waals surface area contributed by atoms with E-state index in [4.69, 9.17) is 18.9 Å². The summed E-state index contributed by atoms with van der Waals surface area (Å²) in [5.41, 5.74) is 8.39. The molecular weight excluding hydrogens is 645 g/mol. The molecule has 2 atom stereocenters. The van der Waals surface area contributed by atoms with Crippen LogP contribution in [0.15, 0.2) is 89.2 Å². The first-order valence-corrected chi connectivity index (χ1v) is 16.0. The van der Waals surface area contributed by atoms with Gasteiger partial charge in [0, 0.05) is 28.3 Å². The molecule has 0 unspecified atom stereocenters. The molecule has 0 bridgehead atoms. The van der Waals surface area contributed by atoms with E-state index in [1.165, 1.54) is 19.2 Å². The normalized spacial score (nSPS) is 14.9. The highest BCUT2D eigenvalue weighted by Crippen LogP contribution is 2.35. The number of carbonyl (C=O) groups excluding carboxylic acids is 2. The molecule has 12 nitrogen and oxygen atoms in total. The van der Waals surface area contributed by atoms with Crippen molar-refractivity contribution < 1.29 is 38.0 Å². The Hall–Kier alpha value is -5.82. The second-order valence-electron chi connectivity index (χ2n) is 11.5. The summed E-state index contributed by atoms with van der Waals surface area (Å²) in [7, 11) is 1.27. The second-order valence-corrected chi connectivity index (χ2v) is 11.5. The maximum absolute atomic E-state index is 13.5. The molecule has 0 radical (unpaired) electrons. The van der Waals surface area contributed by atoms with E-state index in [1.807, 2.05) is 57.2 Å². The van der Waals surface area contributed by atoms with Crippen molar-refractivity contribution in [3.8, 4) is 22.9 Å². The van der Waals surface area contributed by atoms with Crippen LogP contribution in [0, 0.1) is 19.7 Å². The molecule has 4 N–H and O–H groups in total. The van der Waals surface area contributed by atoms with Gasteiger partial charge in [-0.3, -0.25) is 5.43 Å². The lowest BCUT2D eigenvalue weighted by Crippen LogP contribution is -2.45. The van der Waals surface area contributed by atoms with Crippen molar-refractivity contribution in [2.45, 2.75) is 46.6 Å². The SMILES string of the molecule is CCOc1cc([C@@H]2NC(=O)NC(C)=C2C(=O)OC)ccc1OC[C@H](O)N/N=C/c1cc(C)n(-c2ccc(OCc3cccc(F)c3)cc2)c1C. The number of ether oxygens (including phenoxy) is 4. The van der Waals surface area contributed by atoms with Crippen LogP contribution in [-0.2, 0) is 16.1 Å². The number of nitrogens with one attached hydrogen (secondary N) is 3. The number of hydrazone groups is 1. The first kappa shape index (κ1) is 35.5. The van der Waals surface area contributed by atoms with Crippen molar-refractivity contribution in [2.24, 2.45) is 5.10 Å². The smallest absolute Gasteiger partial charge is 0.337 e. The third kappa shape index (κ3) is 8.42. The van der Waals surface area contributed by atoms with Gasteiger partial charge < -0.3 is 39.3 Å². The Kier molecular flexibility index (Phi) is 11.4. The minimum absolute atomic E-state index is 0.153. The predicted octanol–water partition coefficient (Wildman–Crippen LogP) is 5.33. The van der Waals surface area contributed by atoms with Gasteiger partial charge in [0.15, 0.2) is 17.7 Å². The van der Waals surface area contributed by atoms with Crippen molar-refractivity contribution >= 4 is 18.2 Å².